The van der Waals surface area contributed by atoms with E-state index in [2.05, 4.69) is 16.4 Å². The Hall–Kier alpha value is -2.75. The smallest absolute Gasteiger partial charge is 0.0939 e. The average Bonchev–Trinajstić information content (AvgIpc) is 2.44. The number of fused-ring (bicyclic) bond motifs is 1. The highest BCUT2D eigenvalue weighted by Gasteiger charge is 2.04. The first kappa shape index (κ1) is 12.3. The van der Waals surface area contributed by atoms with Gasteiger partial charge in [-0.05, 0) is 37.3 Å². The van der Waals surface area contributed by atoms with Gasteiger partial charge in [-0.15, -0.1) is 0 Å². The number of anilines is 4. The van der Waals surface area contributed by atoms with Crippen molar-refractivity contribution in [3.8, 4) is 0 Å². The van der Waals surface area contributed by atoms with Crippen LogP contribution in [0, 0.1) is 6.92 Å². The van der Waals surface area contributed by atoms with Crippen molar-refractivity contribution < 1.29 is 0 Å². The molecule has 100 valence electrons. The second-order valence-electron chi connectivity index (χ2n) is 4.80. The zero-order valence-electron chi connectivity index (χ0n) is 11.2. The minimum atomic E-state index is 0.569. The molecule has 1 aromatic heterocycles. The highest BCUT2D eigenvalue weighted by molar-refractivity contribution is 5.92. The number of hydrogen-bond acceptors (Lipinski definition) is 4. The summed E-state index contributed by atoms with van der Waals surface area (Å²) in [4.78, 5) is 4.59. The Balaban J connectivity index is 2.05. The van der Waals surface area contributed by atoms with Crippen molar-refractivity contribution in [3.63, 3.8) is 0 Å². The summed E-state index contributed by atoms with van der Waals surface area (Å²) in [6.07, 6.45) is 0. The summed E-state index contributed by atoms with van der Waals surface area (Å²) in [5.74, 6) is 0. The van der Waals surface area contributed by atoms with E-state index in [0.29, 0.717) is 11.4 Å². The molecule has 4 heteroatoms. The second kappa shape index (κ2) is 4.74. The van der Waals surface area contributed by atoms with Crippen molar-refractivity contribution in [1.82, 2.24) is 4.98 Å². The van der Waals surface area contributed by atoms with Gasteiger partial charge in [-0.1, -0.05) is 18.2 Å². The topological polar surface area (TPSA) is 77.0 Å². The van der Waals surface area contributed by atoms with Gasteiger partial charge in [0, 0.05) is 16.8 Å². The number of nitrogens with zero attached hydrogens (tertiary/aromatic N) is 1. The summed E-state index contributed by atoms with van der Waals surface area (Å²) >= 11 is 0. The van der Waals surface area contributed by atoms with Crippen molar-refractivity contribution in [3.05, 3.63) is 54.2 Å². The normalized spacial score (nSPS) is 10.7. The lowest BCUT2D eigenvalue weighted by molar-refractivity contribution is 1.25. The zero-order valence-corrected chi connectivity index (χ0v) is 11.2. The SMILES string of the molecule is Cc1ccc2cccc(Nc3ccc(N)c(N)c3)c2n1. The zero-order chi connectivity index (χ0) is 14.1. The molecule has 0 aliphatic carbocycles. The van der Waals surface area contributed by atoms with E-state index < -0.39 is 0 Å². The standard InChI is InChI=1S/C16H16N4/c1-10-5-6-11-3-2-4-15(16(11)19-10)20-12-7-8-13(17)14(18)9-12/h2-9,20H,17-18H2,1H3. The third-order valence-electron chi connectivity index (χ3n) is 3.23. The fraction of sp³-hybridized carbons (Fsp3) is 0.0625. The van der Waals surface area contributed by atoms with E-state index in [4.69, 9.17) is 11.5 Å². The second-order valence-corrected chi connectivity index (χ2v) is 4.80. The van der Waals surface area contributed by atoms with E-state index in [1.165, 1.54) is 0 Å². The Labute approximate surface area is 117 Å². The van der Waals surface area contributed by atoms with Crippen LogP contribution in [0.4, 0.5) is 22.7 Å². The van der Waals surface area contributed by atoms with Crippen LogP contribution in [0.15, 0.2) is 48.5 Å². The fourth-order valence-corrected chi connectivity index (χ4v) is 2.15. The monoisotopic (exact) mass is 264 g/mol. The number of para-hydroxylation sites is 1. The quantitative estimate of drug-likeness (QED) is 0.619. The van der Waals surface area contributed by atoms with Crippen LogP contribution in [0.2, 0.25) is 0 Å². The van der Waals surface area contributed by atoms with E-state index in [0.717, 1.165) is 28.0 Å². The lowest BCUT2D eigenvalue weighted by Crippen LogP contribution is -1.98. The maximum atomic E-state index is 5.83. The summed E-state index contributed by atoms with van der Waals surface area (Å²) < 4.78 is 0. The molecule has 0 fully saturated rings. The number of aromatic nitrogens is 1. The predicted octanol–water partition coefficient (Wildman–Crippen LogP) is 3.45. The minimum Gasteiger partial charge on any atom is -0.397 e. The lowest BCUT2D eigenvalue weighted by atomic mass is 10.1. The maximum absolute atomic E-state index is 5.83. The largest absolute Gasteiger partial charge is 0.397 e. The molecule has 0 unspecified atom stereocenters. The summed E-state index contributed by atoms with van der Waals surface area (Å²) in [6.45, 7) is 1.98. The summed E-state index contributed by atoms with van der Waals surface area (Å²) in [5, 5.41) is 4.45. The molecule has 3 aromatic rings. The number of nitrogens with two attached hydrogens (primary N) is 2. The Morgan fingerprint density at radius 1 is 0.950 bits per heavy atom. The first-order chi connectivity index (χ1) is 9.63. The van der Waals surface area contributed by atoms with Gasteiger partial charge in [-0.3, -0.25) is 4.98 Å². The maximum Gasteiger partial charge on any atom is 0.0939 e. The molecule has 1 heterocycles. The molecule has 3 rings (SSSR count). The van der Waals surface area contributed by atoms with Gasteiger partial charge in [0.2, 0.25) is 0 Å². The molecule has 0 bridgehead atoms. The van der Waals surface area contributed by atoms with E-state index in [-0.39, 0.29) is 0 Å². The predicted molar refractivity (Wildman–Crippen MR) is 85.0 cm³/mol. The minimum absolute atomic E-state index is 0.569. The number of hydrogen-bond donors (Lipinski definition) is 3. The van der Waals surface area contributed by atoms with Crippen LogP contribution >= 0.6 is 0 Å². The highest BCUT2D eigenvalue weighted by Crippen LogP contribution is 2.27. The fourth-order valence-electron chi connectivity index (χ4n) is 2.15. The average molecular weight is 264 g/mol. The van der Waals surface area contributed by atoms with Crippen LogP contribution in [-0.2, 0) is 0 Å². The van der Waals surface area contributed by atoms with Crippen LogP contribution in [0.1, 0.15) is 5.69 Å². The molecular weight excluding hydrogens is 248 g/mol. The molecule has 0 aliphatic heterocycles. The molecule has 0 amide bonds. The van der Waals surface area contributed by atoms with Gasteiger partial charge in [0.05, 0.1) is 22.6 Å². The molecule has 0 aliphatic rings. The van der Waals surface area contributed by atoms with Gasteiger partial charge in [0.1, 0.15) is 0 Å². The molecular formula is C16H16N4. The van der Waals surface area contributed by atoms with Gasteiger partial charge < -0.3 is 16.8 Å². The van der Waals surface area contributed by atoms with Crippen LogP contribution < -0.4 is 16.8 Å². The molecule has 5 N–H and O–H groups in total. The van der Waals surface area contributed by atoms with Crippen LogP contribution in [-0.4, -0.2) is 4.98 Å². The number of pyridine rings is 1. The van der Waals surface area contributed by atoms with Crippen molar-refractivity contribution in [1.29, 1.82) is 0 Å². The molecule has 0 spiro atoms. The van der Waals surface area contributed by atoms with Crippen LogP contribution in [0.3, 0.4) is 0 Å². The molecule has 20 heavy (non-hydrogen) atoms. The molecule has 0 saturated heterocycles. The first-order valence-electron chi connectivity index (χ1n) is 6.42. The van der Waals surface area contributed by atoms with Crippen molar-refractivity contribution in [2.24, 2.45) is 0 Å². The van der Waals surface area contributed by atoms with E-state index in [1.807, 2.05) is 43.3 Å². The Morgan fingerprint density at radius 3 is 2.60 bits per heavy atom. The van der Waals surface area contributed by atoms with E-state index in [1.54, 1.807) is 6.07 Å². The van der Waals surface area contributed by atoms with Crippen LogP contribution in [0.25, 0.3) is 10.9 Å². The third kappa shape index (κ3) is 2.23. The summed E-state index contributed by atoms with van der Waals surface area (Å²) in [6, 6.07) is 15.6. The van der Waals surface area contributed by atoms with E-state index in [9.17, 15) is 0 Å². The Kier molecular flexibility index (Phi) is 2.91. The molecule has 0 saturated carbocycles. The number of aryl methyl sites for hydroxylation is 1. The Morgan fingerprint density at radius 2 is 1.80 bits per heavy atom. The number of nitrogen functional groups attached to an aromatic ring is 2. The van der Waals surface area contributed by atoms with Crippen molar-refractivity contribution in [2.75, 3.05) is 16.8 Å². The van der Waals surface area contributed by atoms with Crippen molar-refractivity contribution >= 4 is 33.7 Å². The molecule has 2 aromatic carbocycles. The number of benzene rings is 2. The third-order valence-corrected chi connectivity index (χ3v) is 3.23. The molecule has 0 atom stereocenters. The summed E-state index contributed by atoms with van der Waals surface area (Å²) in [7, 11) is 0. The van der Waals surface area contributed by atoms with Gasteiger partial charge in [0.25, 0.3) is 0 Å². The Bertz CT molecular complexity index is 781. The van der Waals surface area contributed by atoms with Crippen molar-refractivity contribution in [2.45, 2.75) is 6.92 Å². The first-order valence-corrected chi connectivity index (χ1v) is 6.42. The van der Waals surface area contributed by atoms with Gasteiger partial charge in [-0.2, -0.15) is 0 Å². The summed E-state index contributed by atoms with van der Waals surface area (Å²) in [5.41, 5.74) is 16.5. The van der Waals surface area contributed by atoms with Gasteiger partial charge in [0.15, 0.2) is 0 Å². The van der Waals surface area contributed by atoms with Crippen LogP contribution in [0.5, 0.6) is 0 Å². The number of rotatable bonds is 2. The van der Waals surface area contributed by atoms with Gasteiger partial charge >= 0.3 is 0 Å². The highest BCUT2D eigenvalue weighted by atomic mass is 14.9. The molecule has 0 radical (unpaired) electrons. The van der Waals surface area contributed by atoms with Gasteiger partial charge in [-0.25, -0.2) is 0 Å². The van der Waals surface area contributed by atoms with E-state index >= 15 is 0 Å². The lowest BCUT2D eigenvalue weighted by Gasteiger charge is -2.11. The number of nitrogens with one attached hydrogen (secondary N) is 1. The molecule has 4 nitrogen and oxygen atoms in total.